The van der Waals surface area contributed by atoms with E-state index in [-0.39, 0.29) is 12.5 Å². The molecular formula is C13H16ClNO2. The molecule has 17 heavy (non-hydrogen) atoms. The average molecular weight is 254 g/mol. The van der Waals surface area contributed by atoms with Gasteiger partial charge in [-0.1, -0.05) is 18.5 Å². The van der Waals surface area contributed by atoms with Crippen LogP contribution >= 0.6 is 11.6 Å². The molecule has 0 bridgehead atoms. The van der Waals surface area contributed by atoms with Crippen molar-refractivity contribution in [1.82, 2.24) is 5.32 Å². The van der Waals surface area contributed by atoms with Gasteiger partial charge >= 0.3 is 0 Å². The van der Waals surface area contributed by atoms with Crippen LogP contribution in [-0.2, 0) is 11.2 Å². The fraction of sp³-hybridized carbons (Fsp3) is 0.462. The molecule has 0 radical (unpaired) electrons. The average Bonchev–Trinajstić information content (AvgIpc) is 3.12. The van der Waals surface area contributed by atoms with E-state index in [1.54, 1.807) is 12.1 Å². The van der Waals surface area contributed by atoms with Crippen LogP contribution in [0.3, 0.4) is 0 Å². The van der Waals surface area contributed by atoms with Crippen LogP contribution in [0.15, 0.2) is 18.2 Å². The molecule has 0 spiro atoms. The number of nitrogens with one attached hydrogen (secondary N) is 1. The van der Waals surface area contributed by atoms with Crippen molar-refractivity contribution < 1.29 is 9.53 Å². The van der Waals surface area contributed by atoms with Gasteiger partial charge in [-0.15, -0.1) is 0 Å². The van der Waals surface area contributed by atoms with Crippen LogP contribution in [0.2, 0.25) is 5.02 Å². The highest BCUT2D eigenvalue weighted by atomic mass is 35.5. The highest BCUT2D eigenvalue weighted by molar-refractivity contribution is 6.31. The maximum absolute atomic E-state index is 11.4. The summed E-state index contributed by atoms with van der Waals surface area (Å²) in [7, 11) is 0. The number of amides is 1. The minimum Gasteiger partial charge on any atom is -0.484 e. The summed E-state index contributed by atoms with van der Waals surface area (Å²) in [4.78, 5) is 11.4. The molecule has 0 heterocycles. The number of rotatable bonds is 5. The third kappa shape index (κ3) is 3.63. The minimum atomic E-state index is -0.0551. The van der Waals surface area contributed by atoms with Gasteiger partial charge in [0.25, 0.3) is 5.91 Å². The molecule has 3 nitrogen and oxygen atoms in total. The van der Waals surface area contributed by atoms with E-state index in [1.807, 2.05) is 13.0 Å². The summed E-state index contributed by atoms with van der Waals surface area (Å²) in [5.41, 5.74) is 1.03. The van der Waals surface area contributed by atoms with Gasteiger partial charge in [0, 0.05) is 11.1 Å². The lowest BCUT2D eigenvalue weighted by molar-refractivity contribution is -0.123. The van der Waals surface area contributed by atoms with Crippen LogP contribution < -0.4 is 10.1 Å². The Morgan fingerprint density at radius 1 is 1.53 bits per heavy atom. The molecule has 2 rings (SSSR count). The van der Waals surface area contributed by atoms with E-state index in [0.29, 0.717) is 11.8 Å². The lowest BCUT2D eigenvalue weighted by Gasteiger charge is -2.08. The zero-order valence-electron chi connectivity index (χ0n) is 9.83. The summed E-state index contributed by atoms with van der Waals surface area (Å²) in [6.45, 7) is 2.10. The van der Waals surface area contributed by atoms with Crippen molar-refractivity contribution in [2.75, 3.05) is 6.61 Å². The molecule has 1 aliphatic rings. The van der Waals surface area contributed by atoms with Gasteiger partial charge < -0.3 is 10.1 Å². The number of carbonyl (C=O) groups excluding carboxylic acids is 1. The SMILES string of the molecule is CCc1cc(OCC(=O)NC2CC2)ccc1Cl. The van der Waals surface area contributed by atoms with E-state index in [1.165, 1.54) is 0 Å². The first kappa shape index (κ1) is 12.2. The predicted molar refractivity (Wildman–Crippen MR) is 67.5 cm³/mol. The molecule has 1 amide bonds. The van der Waals surface area contributed by atoms with Crippen LogP contribution in [-0.4, -0.2) is 18.6 Å². The first-order chi connectivity index (χ1) is 8.19. The maximum Gasteiger partial charge on any atom is 0.258 e. The monoisotopic (exact) mass is 253 g/mol. The van der Waals surface area contributed by atoms with Crippen molar-refractivity contribution >= 4 is 17.5 Å². The van der Waals surface area contributed by atoms with Crippen molar-refractivity contribution in [3.63, 3.8) is 0 Å². The third-order valence-corrected chi connectivity index (χ3v) is 3.08. The summed E-state index contributed by atoms with van der Waals surface area (Å²) >= 11 is 6.00. The Kier molecular flexibility index (Phi) is 3.89. The third-order valence-electron chi connectivity index (χ3n) is 2.71. The summed E-state index contributed by atoms with van der Waals surface area (Å²) in [5.74, 6) is 0.637. The van der Waals surface area contributed by atoms with E-state index in [0.717, 1.165) is 29.8 Å². The van der Waals surface area contributed by atoms with Gasteiger partial charge in [-0.3, -0.25) is 4.79 Å². The van der Waals surface area contributed by atoms with Crippen LogP contribution in [0.5, 0.6) is 5.75 Å². The van der Waals surface area contributed by atoms with Crippen molar-refractivity contribution in [1.29, 1.82) is 0 Å². The number of carbonyl (C=O) groups is 1. The summed E-state index contributed by atoms with van der Waals surface area (Å²) in [6.07, 6.45) is 3.03. The lowest BCUT2D eigenvalue weighted by atomic mass is 10.1. The van der Waals surface area contributed by atoms with Gasteiger partial charge in [-0.05, 0) is 43.0 Å². The van der Waals surface area contributed by atoms with E-state index in [2.05, 4.69) is 5.32 Å². The number of hydrogen-bond acceptors (Lipinski definition) is 2. The Hall–Kier alpha value is -1.22. The molecule has 1 aromatic carbocycles. The van der Waals surface area contributed by atoms with E-state index in [9.17, 15) is 4.79 Å². The predicted octanol–water partition coefficient (Wildman–Crippen LogP) is 2.56. The lowest BCUT2D eigenvalue weighted by Crippen LogP contribution is -2.30. The molecule has 0 unspecified atom stereocenters. The first-order valence-corrected chi connectivity index (χ1v) is 6.27. The molecule has 0 aliphatic heterocycles. The Bertz CT molecular complexity index is 416. The van der Waals surface area contributed by atoms with Crippen LogP contribution in [0.1, 0.15) is 25.3 Å². The molecule has 1 saturated carbocycles. The molecule has 1 aromatic rings. The van der Waals surface area contributed by atoms with Crippen LogP contribution in [0.25, 0.3) is 0 Å². The van der Waals surface area contributed by atoms with E-state index in [4.69, 9.17) is 16.3 Å². The van der Waals surface area contributed by atoms with Crippen molar-refractivity contribution in [2.24, 2.45) is 0 Å². The smallest absolute Gasteiger partial charge is 0.258 e. The highest BCUT2D eigenvalue weighted by Gasteiger charge is 2.23. The van der Waals surface area contributed by atoms with E-state index >= 15 is 0 Å². The summed E-state index contributed by atoms with van der Waals surface area (Å²) in [5, 5.41) is 3.61. The zero-order chi connectivity index (χ0) is 12.3. The van der Waals surface area contributed by atoms with Gasteiger partial charge in [-0.2, -0.15) is 0 Å². The molecule has 0 atom stereocenters. The molecule has 1 N–H and O–H groups in total. The normalized spacial score (nSPS) is 14.5. The second-order valence-corrected chi connectivity index (χ2v) is 4.64. The standard InChI is InChI=1S/C13H16ClNO2/c1-2-9-7-11(5-6-12(9)14)17-8-13(16)15-10-3-4-10/h5-7,10H,2-4,8H2,1H3,(H,15,16). The summed E-state index contributed by atoms with van der Waals surface area (Å²) < 4.78 is 5.42. The Balaban J connectivity index is 1.87. The number of aryl methyl sites for hydroxylation is 1. The zero-order valence-corrected chi connectivity index (χ0v) is 10.6. The number of halogens is 1. The molecule has 0 aromatic heterocycles. The Labute approximate surface area is 106 Å². The van der Waals surface area contributed by atoms with Crippen LogP contribution in [0.4, 0.5) is 0 Å². The van der Waals surface area contributed by atoms with Crippen LogP contribution in [0, 0.1) is 0 Å². The molecule has 92 valence electrons. The molecule has 1 aliphatic carbocycles. The number of benzene rings is 1. The Morgan fingerprint density at radius 3 is 2.94 bits per heavy atom. The van der Waals surface area contributed by atoms with E-state index < -0.39 is 0 Å². The van der Waals surface area contributed by atoms with Crippen molar-refractivity contribution in [3.8, 4) is 5.75 Å². The fourth-order valence-corrected chi connectivity index (χ4v) is 1.81. The van der Waals surface area contributed by atoms with Gasteiger partial charge in [0.05, 0.1) is 0 Å². The Morgan fingerprint density at radius 2 is 2.29 bits per heavy atom. The first-order valence-electron chi connectivity index (χ1n) is 5.89. The molecule has 0 saturated heterocycles. The topological polar surface area (TPSA) is 38.3 Å². The fourth-order valence-electron chi connectivity index (χ4n) is 1.56. The number of hydrogen-bond donors (Lipinski definition) is 1. The van der Waals surface area contributed by atoms with Gasteiger partial charge in [0.1, 0.15) is 5.75 Å². The van der Waals surface area contributed by atoms with Gasteiger partial charge in [0.15, 0.2) is 6.61 Å². The van der Waals surface area contributed by atoms with Crippen molar-refractivity contribution in [3.05, 3.63) is 28.8 Å². The van der Waals surface area contributed by atoms with Gasteiger partial charge in [-0.25, -0.2) is 0 Å². The second kappa shape index (κ2) is 5.41. The largest absolute Gasteiger partial charge is 0.484 e. The van der Waals surface area contributed by atoms with Gasteiger partial charge in [0.2, 0.25) is 0 Å². The summed E-state index contributed by atoms with van der Waals surface area (Å²) in [6, 6.07) is 5.84. The second-order valence-electron chi connectivity index (χ2n) is 4.24. The molecule has 4 heteroatoms. The molecular weight excluding hydrogens is 238 g/mol. The number of ether oxygens (including phenoxy) is 1. The minimum absolute atomic E-state index is 0.0551. The van der Waals surface area contributed by atoms with Crippen molar-refractivity contribution in [2.45, 2.75) is 32.2 Å². The highest BCUT2D eigenvalue weighted by Crippen LogP contribution is 2.22. The molecule has 1 fully saturated rings. The quantitative estimate of drug-likeness (QED) is 0.876. The maximum atomic E-state index is 11.4.